The molecule has 0 spiro atoms. The van der Waals surface area contributed by atoms with Crippen LogP contribution in [0.15, 0.2) is 0 Å². The van der Waals surface area contributed by atoms with Crippen molar-refractivity contribution in [2.45, 2.75) is 32.7 Å². The van der Waals surface area contributed by atoms with Gasteiger partial charge in [-0.3, -0.25) is 4.79 Å². The van der Waals surface area contributed by atoms with Gasteiger partial charge in [-0.25, -0.2) is 0 Å². The second-order valence-electron chi connectivity index (χ2n) is 3.12. The molecule has 1 amide bonds. The maximum absolute atomic E-state index is 8.58. The van der Waals surface area contributed by atoms with Gasteiger partial charge in [-0.2, -0.15) is 0 Å². The minimum atomic E-state index is 0.250. The van der Waals surface area contributed by atoms with Gasteiger partial charge in [-0.1, -0.05) is 6.92 Å². The van der Waals surface area contributed by atoms with E-state index >= 15 is 0 Å². The summed E-state index contributed by atoms with van der Waals surface area (Å²) < 4.78 is 0. The van der Waals surface area contributed by atoms with Crippen LogP contribution in [0.25, 0.3) is 0 Å². The van der Waals surface area contributed by atoms with Gasteiger partial charge in [-0.15, -0.1) is 0 Å². The average Bonchev–Trinajstić information content (AvgIpc) is 1.88. The average molecular weight is 158 g/mol. The molecule has 2 unspecified atom stereocenters. The van der Waals surface area contributed by atoms with Gasteiger partial charge in [0.25, 0.3) is 0 Å². The summed E-state index contributed by atoms with van der Waals surface area (Å²) in [6.45, 7) is 5.81. The lowest BCUT2D eigenvalue weighted by molar-refractivity contribution is -0.106. The van der Waals surface area contributed by atoms with Gasteiger partial charge >= 0.3 is 0 Å². The molecule has 0 aromatic heterocycles. The van der Waals surface area contributed by atoms with Crippen LogP contribution >= 0.6 is 0 Å². The maximum atomic E-state index is 8.58. The third-order valence-corrected chi connectivity index (χ3v) is 1.89. The Morgan fingerprint density at radius 3 is 2.36 bits per heavy atom. The van der Waals surface area contributed by atoms with E-state index < -0.39 is 0 Å². The number of carbonyl (C=O) groups excluding carboxylic acids is 1. The van der Waals surface area contributed by atoms with Gasteiger partial charge in [0.05, 0.1) is 0 Å². The molecule has 1 heterocycles. The number of hydrogen-bond donors (Lipinski definition) is 2. The second-order valence-corrected chi connectivity index (χ2v) is 3.12. The van der Waals surface area contributed by atoms with E-state index in [2.05, 4.69) is 24.9 Å². The number of amides is 1. The summed E-state index contributed by atoms with van der Waals surface area (Å²) in [7, 11) is 0. The van der Waals surface area contributed by atoms with Crippen LogP contribution in [0.2, 0.25) is 0 Å². The van der Waals surface area contributed by atoms with Crippen molar-refractivity contribution in [2.75, 3.05) is 6.54 Å². The molecule has 0 aliphatic carbocycles. The van der Waals surface area contributed by atoms with E-state index in [0.29, 0.717) is 0 Å². The van der Waals surface area contributed by atoms with Crippen LogP contribution in [0.1, 0.15) is 26.7 Å². The van der Waals surface area contributed by atoms with Gasteiger partial charge < -0.3 is 11.1 Å². The van der Waals surface area contributed by atoms with Crippen molar-refractivity contribution in [2.24, 2.45) is 11.7 Å². The summed E-state index contributed by atoms with van der Waals surface area (Å²) in [6, 6.07) is 0.763. The Kier molecular flexibility index (Phi) is 5.84. The summed E-state index contributed by atoms with van der Waals surface area (Å²) in [5, 5.41) is 3.41. The normalized spacial score (nSPS) is 30.0. The summed E-state index contributed by atoms with van der Waals surface area (Å²) in [5.74, 6) is 0.950. The highest BCUT2D eigenvalue weighted by molar-refractivity contribution is 5.42. The highest BCUT2D eigenvalue weighted by Gasteiger charge is 2.12. The predicted octanol–water partition coefficient (Wildman–Crippen LogP) is 0.496. The summed E-state index contributed by atoms with van der Waals surface area (Å²) in [4.78, 5) is 8.58. The Balaban J connectivity index is 0.000000292. The van der Waals surface area contributed by atoms with E-state index in [4.69, 9.17) is 4.79 Å². The van der Waals surface area contributed by atoms with E-state index in [1.165, 1.54) is 19.4 Å². The van der Waals surface area contributed by atoms with E-state index in [-0.39, 0.29) is 6.41 Å². The van der Waals surface area contributed by atoms with Gasteiger partial charge in [-0.05, 0) is 32.2 Å². The van der Waals surface area contributed by atoms with E-state index in [9.17, 15) is 0 Å². The van der Waals surface area contributed by atoms with Crippen molar-refractivity contribution in [1.29, 1.82) is 0 Å². The first-order chi connectivity index (χ1) is 5.20. The molecule has 2 atom stereocenters. The lowest BCUT2D eigenvalue weighted by atomic mass is 9.96. The number of piperidine rings is 1. The first kappa shape index (κ1) is 10.4. The molecule has 3 N–H and O–H groups in total. The molecule has 0 bridgehead atoms. The third kappa shape index (κ3) is 5.85. The van der Waals surface area contributed by atoms with Crippen molar-refractivity contribution in [1.82, 2.24) is 5.32 Å². The highest BCUT2D eigenvalue weighted by Crippen LogP contribution is 2.13. The maximum Gasteiger partial charge on any atom is 0.204 e. The molecule has 66 valence electrons. The Labute approximate surface area is 68.3 Å². The first-order valence-electron chi connectivity index (χ1n) is 4.09. The van der Waals surface area contributed by atoms with Crippen LogP contribution in [0.5, 0.6) is 0 Å². The lowest BCUT2D eigenvalue weighted by Gasteiger charge is -2.24. The third-order valence-electron chi connectivity index (χ3n) is 1.89. The minimum Gasteiger partial charge on any atom is -0.372 e. The monoisotopic (exact) mass is 158 g/mol. The molecule has 1 aliphatic heterocycles. The van der Waals surface area contributed by atoms with Crippen molar-refractivity contribution in [3.05, 3.63) is 0 Å². The van der Waals surface area contributed by atoms with E-state index in [1.54, 1.807) is 0 Å². The van der Waals surface area contributed by atoms with E-state index in [1.807, 2.05) is 0 Å². The van der Waals surface area contributed by atoms with Gasteiger partial charge in [0.15, 0.2) is 0 Å². The molecule has 0 aromatic rings. The van der Waals surface area contributed by atoms with Crippen LogP contribution < -0.4 is 11.1 Å². The molecule has 0 aromatic carbocycles. The topological polar surface area (TPSA) is 55.1 Å². The lowest BCUT2D eigenvalue weighted by Crippen LogP contribution is -2.34. The molecule has 1 aliphatic rings. The Bertz CT molecular complexity index is 98.3. The molecule has 11 heavy (non-hydrogen) atoms. The van der Waals surface area contributed by atoms with Crippen LogP contribution in [0, 0.1) is 5.92 Å². The number of rotatable bonds is 0. The Morgan fingerprint density at radius 1 is 1.55 bits per heavy atom. The van der Waals surface area contributed by atoms with Gasteiger partial charge in [0, 0.05) is 6.04 Å². The quantitative estimate of drug-likeness (QED) is 0.504. The van der Waals surface area contributed by atoms with E-state index in [0.717, 1.165) is 12.0 Å². The second kappa shape index (κ2) is 6.16. The Morgan fingerprint density at radius 2 is 2.09 bits per heavy atom. The highest BCUT2D eigenvalue weighted by atomic mass is 16.1. The number of carbonyl (C=O) groups is 1. The first-order valence-corrected chi connectivity index (χ1v) is 4.09. The zero-order valence-electron chi connectivity index (χ0n) is 7.34. The zero-order valence-corrected chi connectivity index (χ0v) is 7.34. The smallest absolute Gasteiger partial charge is 0.204 e. The minimum absolute atomic E-state index is 0.250. The fraction of sp³-hybridized carbons (Fsp3) is 0.875. The molecule has 1 saturated heterocycles. The van der Waals surface area contributed by atoms with Crippen molar-refractivity contribution >= 4 is 6.41 Å². The van der Waals surface area contributed by atoms with Gasteiger partial charge in [0.2, 0.25) is 6.41 Å². The number of primary amides is 1. The SMILES string of the molecule is CC1CCNC(C)C1.NC=O. The molecule has 1 fully saturated rings. The number of nitrogens with two attached hydrogens (primary N) is 1. The van der Waals surface area contributed by atoms with Crippen LogP contribution in [0.4, 0.5) is 0 Å². The molecule has 0 saturated carbocycles. The molecule has 0 radical (unpaired) electrons. The summed E-state index contributed by atoms with van der Waals surface area (Å²) in [6.07, 6.45) is 2.98. The summed E-state index contributed by atoms with van der Waals surface area (Å²) in [5.41, 5.74) is 4.17. The number of nitrogens with one attached hydrogen (secondary N) is 1. The molecular formula is C8H18N2O. The van der Waals surface area contributed by atoms with Crippen molar-refractivity contribution < 1.29 is 4.79 Å². The van der Waals surface area contributed by atoms with Gasteiger partial charge in [0.1, 0.15) is 0 Å². The van der Waals surface area contributed by atoms with Crippen molar-refractivity contribution in [3.63, 3.8) is 0 Å². The van der Waals surface area contributed by atoms with Crippen LogP contribution in [-0.2, 0) is 4.79 Å². The van der Waals surface area contributed by atoms with Crippen molar-refractivity contribution in [3.8, 4) is 0 Å². The van der Waals surface area contributed by atoms with Crippen LogP contribution in [-0.4, -0.2) is 19.0 Å². The predicted molar refractivity (Wildman–Crippen MR) is 46.1 cm³/mol. The Hall–Kier alpha value is -0.570. The number of hydrogen-bond acceptors (Lipinski definition) is 2. The largest absolute Gasteiger partial charge is 0.372 e. The molecule has 3 nitrogen and oxygen atoms in total. The zero-order chi connectivity index (χ0) is 8.69. The molecule has 1 rings (SSSR count). The van der Waals surface area contributed by atoms with Crippen LogP contribution in [0.3, 0.4) is 0 Å². The fourth-order valence-electron chi connectivity index (χ4n) is 1.38. The molecule has 3 heteroatoms. The summed E-state index contributed by atoms with van der Waals surface area (Å²) >= 11 is 0. The standard InChI is InChI=1S/C7H15N.CH3NO/c1-6-3-4-8-7(2)5-6;2-1-3/h6-8H,3-5H2,1-2H3;1H,(H2,2,3). The molecular weight excluding hydrogens is 140 g/mol. The fourth-order valence-corrected chi connectivity index (χ4v) is 1.38.